The molecule has 0 aliphatic heterocycles. The van der Waals surface area contributed by atoms with Gasteiger partial charge in [0.2, 0.25) is 5.95 Å². The lowest BCUT2D eigenvalue weighted by Crippen LogP contribution is -2.74. The van der Waals surface area contributed by atoms with E-state index in [1.54, 1.807) is 0 Å². The van der Waals surface area contributed by atoms with Crippen LogP contribution in [0.4, 0.5) is 0 Å². The molecule has 69 heavy (non-hydrogen) atoms. The van der Waals surface area contributed by atoms with Crippen molar-refractivity contribution >= 4 is 79.4 Å². The van der Waals surface area contributed by atoms with Crippen LogP contribution in [-0.4, -0.2) is 35.7 Å². The van der Waals surface area contributed by atoms with Crippen LogP contribution in [0.15, 0.2) is 279 Å². The van der Waals surface area contributed by atoms with Gasteiger partial charge in [0.15, 0.2) is 27.8 Å². The zero-order chi connectivity index (χ0) is 49.5. The molecule has 0 amide bonds. The third-order valence-electron chi connectivity index (χ3n) is 13.4. The molecule has 0 saturated carbocycles. The summed E-state index contributed by atoms with van der Waals surface area (Å²) in [6.45, 7) is 0. The molecule has 0 unspecified atom stereocenters. The van der Waals surface area contributed by atoms with Crippen molar-refractivity contribution in [2.45, 2.75) is 0 Å². The van der Waals surface area contributed by atoms with Crippen molar-refractivity contribution in [2.24, 2.45) is 0 Å². The monoisotopic (exact) mass is 918 g/mol. The summed E-state index contributed by atoms with van der Waals surface area (Å²) < 4.78 is 41.8. The molecular formula is C63H46N4Si2. The highest BCUT2D eigenvalue weighted by atomic mass is 28.3. The minimum absolute atomic E-state index is 0.0562. The fourth-order valence-electron chi connectivity index (χ4n) is 10.4. The van der Waals surface area contributed by atoms with E-state index >= 15 is 0 Å². The van der Waals surface area contributed by atoms with E-state index < -0.39 is 16.1 Å². The van der Waals surface area contributed by atoms with Gasteiger partial charge in [0, 0.05) is 21.9 Å². The van der Waals surface area contributed by atoms with Crippen molar-refractivity contribution in [1.29, 1.82) is 0 Å². The van der Waals surface area contributed by atoms with Crippen LogP contribution in [0.1, 0.15) is 5.48 Å². The van der Waals surface area contributed by atoms with Crippen LogP contribution in [0.5, 0.6) is 0 Å². The van der Waals surface area contributed by atoms with E-state index in [1.807, 2.05) is 97.1 Å². The van der Waals surface area contributed by atoms with Gasteiger partial charge < -0.3 is 0 Å². The highest BCUT2D eigenvalue weighted by Gasteiger charge is 2.43. The van der Waals surface area contributed by atoms with Crippen molar-refractivity contribution in [2.75, 3.05) is 0 Å². The van der Waals surface area contributed by atoms with E-state index in [4.69, 9.17) is 15.0 Å². The minimum atomic E-state index is -3.58. The Labute approximate surface area is 410 Å². The van der Waals surface area contributed by atoms with Crippen LogP contribution in [0, 0.1) is 0 Å². The number of nitrogens with zero attached hydrogens (tertiary/aromatic N) is 4. The van der Waals surface area contributed by atoms with E-state index in [2.05, 4.69) is 162 Å². The first-order valence-electron chi connectivity index (χ1n) is 25.2. The summed E-state index contributed by atoms with van der Waals surface area (Å²) >= 11 is 0. The molecule has 0 bridgehead atoms. The maximum atomic E-state index is 10.5. The van der Waals surface area contributed by atoms with Crippen LogP contribution in [0.3, 0.4) is 0 Å². The van der Waals surface area contributed by atoms with Gasteiger partial charge in [0.25, 0.3) is 0 Å². The normalized spacial score (nSPS) is 12.6. The molecule has 0 aliphatic carbocycles. The molecule has 326 valence electrons. The van der Waals surface area contributed by atoms with Crippen molar-refractivity contribution in [3.63, 3.8) is 0 Å². The second kappa shape index (κ2) is 17.9. The lowest BCUT2D eigenvalue weighted by atomic mass is 10.1. The largest absolute Gasteiger partial charge is 0.278 e. The van der Waals surface area contributed by atoms with Gasteiger partial charge in [-0.05, 0) is 53.6 Å². The zero-order valence-corrected chi connectivity index (χ0v) is 39.5. The smallest absolute Gasteiger partial charge is 0.238 e. The molecule has 12 aromatic rings. The fourth-order valence-corrected chi connectivity index (χ4v) is 19.7. The number of rotatable bonds is 11. The predicted molar refractivity (Wildman–Crippen MR) is 292 cm³/mol. The molecule has 0 saturated heterocycles. The summed E-state index contributed by atoms with van der Waals surface area (Å²) in [6, 6.07) is 86.9. The van der Waals surface area contributed by atoms with Gasteiger partial charge in [0.05, 0.1) is 16.5 Å². The topological polar surface area (TPSA) is 43.6 Å². The van der Waals surface area contributed by atoms with Crippen LogP contribution >= 0.6 is 0 Å². The summed E-state index contributed by atoms with van der Waals surface area (Å²) in [5, 5.41) is 10.2. The molecule has 0 aliphatic rings. The summed E-state index contributed by atoms with van der Waals surface area (Å²) in [5.41, 5.74) is 2.56. The molecule has 0 radical (unpaired) electrons. The number of benzene rings is 10. The Hall–Kier alpha value is -8.56. The average molecular weight is 919 g/mol. The van der Waals surface area contributed by atoms with Gasteiger partial charge in [0.1, 0.15) is 0 Å². The molecule has 0 fully saturated rings. The van der Waals surface area contributed by atoms with Crippen molar-refractivity contribution in [1.82, 2.24) is 19.5 Å². The second-order valence-electron chi connectivity index (χ2n) is 17.2. The molecule has 12 rings (SSSR count). The fraction of sp³-hybridized carbons (Fsp3) is 0. The van der Waals surface area contributed by atoms with Crippen molar-refractivity contribution in [3.05, 3.63) is 279 Å². The number of aromatic nitrogens is 4. The van der Waals surface area contributed by atoms with Crippen LogP contribution in [0.25, 0.3) is 50.5 Å². The standard InChI is InChI=1S/C63H46N4Si2/c1-8-25-47(26-9-1)61-64-62(48-27-24-40-55(45-48)68(49-28-10-2-11-29-49,50-30-12-3-13-31-50)51-32-14-4-15-33-51)66-63(65-61)67-59-42-23-22-41-57(59)58-44-43-56(46-60(58)67)69(52-34-16-5-17-35-52,53-36-18-6-19-37-53)54-38-20-7-21-39-54/h1-46H/i24D,27D,40D,45D. The van der Waals surface area contributed by atoms with Gasteiger partial charge >= 0.3 is 0 Å². The molecule has 10 aromatic carbocycles. The van der Waals surface area contributed by atoms with E-state index in [-0.39, 0.29) is 35.6 Å². The van der Waals surface area contributed by atoms with Gasteiger partial charge in [-0.1, -0.05) is 267 Å². The molecule has 0 spiro atoms. The Morgan fingerprint density at radius 1 is 0.319 bits per heavy atom. The number of para-hydroxylation sites is 1. The lowest BCUT2D eigenvalue weighted by Gasteiger charge is -2.34. The van der Waals surface area contributed by atoms with Crippen LogP contribution in [-0.2, 0) is 0 Å². The lowest BCUT2D eigenvalue weighted by molar-refractivity contribution is 0.954. The second-order valence-corrected chi connectivity index (χ2v) is 24.7. The van der Waals surface area contributed by atoms with E-state index in [0.29, 0.717) is 17.0 Å². The van der Waals surface area contributed by atoms with E-state index in [0.717, 1.165) is 42.9 Å². The quantitative estimate of drug-likeness (QED) is 0.0962. The van der Waals surface area contributed by atoms with Crippen LogP contribution in [0.2, 0.25) is 0 Å². The highest BCUT2D eigenvalue weighted by Crippen LogP contribution is 2.32. The number of hydrogen-bond donors (Lipinski definition) is 0. The Morgan fingerprint density at radius 2 is 0.710 bits per heavy atom. The molecular weight excluding hydrogens is 869 g/mol. The molecule has 4 nitrogen and oxygen atoms in total. The summed E-state index contributed by atoms with van der Waals surface area (Å²) in [4.78, 5) is 15.8. The zero-order valence-electron chi connectivity index (χ0n) is 41.5. The Balaban J connectivity index is 1.18. The van der Waals surface area contributed by atoms with E-state index in [1.165, 1.54) is 20.7 Å². The first-order chi connectivity index (χ1) is 35.9. The highest BCUT2D eigenvalue weighted by molar-refractivity contribution is 7.20. The summed E-state index contributed by atoms with van der Waals surface area (Å²) in [5.74, 6) is 0.733. The predicted octanol–water partition coefficient (Wildman–Crippen LogP) is 9.06. The van der Waals surface area contributed by atoms with Gasteiger partial charge in [-0.3, -0.25) is 4.57 Å². The third-order valence-corrected chi connectivity index (χ3v) is 22.8. The third kappa shape index (κ3) is 7.17. The van der Waals surface area contributed by atoms with Crippen molar-refractivity contribution in [3.8, 4) is 28.7 Å². The van der Waals surface area contributed by atoms with Gasteiger partial charge in [-0.25, -0.2) is 4.98 Å². The van der Waals surface area contributed by atoms with Gasteiger partial charge in [-0.15, -0.1) is 0 Å². The number of hydrogen-bond acceptors (Lipinski definition) is 3. The molecule has 6 heteroatoms. The SMILES string of the molecule is [2H]c1c([2H])c(-c2nc(-c3ccccc3)nc(-n3c4ccccc4c4ccc([Si](c5ccccc5)(c5ccccc5)c5ccccc5)cc43)n2)c([2H])c([Si](c2ccccc2)(c2ccccc2)c2ccccc2)c1[2H]. The maximum Gasteiger partial charge on any atom is 0.238 e. The first-order valence-corrected chi connectivity index (χ1v) is 27.2. The Bertz CT molecular complexity index is 3750. The summed E-state index contributed by atoms with van der Waals surface area (Å²) in [7, 11) is -6.59. The summed E-state index contributed by atoms with van der Waals surface area (Å²) in [6.07, 6.45) is 0. The first kappa shape index (κ1) is 37.5. The molecule has 0 atom stereocenters. The maximum absolute atomic E-state index is 10.5. The van der Waals surface area contributed by atoms with Crippen LogP contribution < -0.4 is 41.5 Å². The van der Waals surface area contributed by atoms with Gasteiger partial charge in [-0.2, -0.15) is 9.97 Å². The van der Waals surface area contributed by atoms with E-state index in [9.17, 15) is 5.48 Å². The molecule has 2 heterocycles. The Morgan fingerprint density at radius 3 is 1.19 bits per heavy atom. The Kier molecular flexibility index (Phi) is 9.75. The average Bonchev–Trinajstić information content (AvgIpc) is 3.80. The van der Waals surface area contributed by atoms with Crippen molar-refractivity contribution < 1.29 is 5.48 Å². The molecule has 2 aromatic heterocycles. The minimum Gasteiger partial charge on any atom is -0.278 e. The molecule has 0 N–H and O–H groups in total. The number of fused-ring (bicyclic) bond motifs is 3.